The number of halogens is 2. The normalized spacial score (nSPS) is 29.0. The molecule has 1 aromatic rings. The fourth-order valence-electron chi connectivity index (χ4n) is 6.12. The lowest BCUT2D eigenvalue weighted by molar-refractivity contribution is -0.122. The molecule has 164 valence electrons. The minimum atomic E-state index is -2.99. The van der Waals surface area contributed by atoms with Crippen LogP contribution in [0.4, 0.5) is 8.78 Å². The van der Waals surface area contributed by atoms with Crippen LogP contribution in [0.1, 0.15) is 48.9 Å². The second-order valence-electron chi connectivity index (χ2n) is 9.12. The maximum atomic E-state index is 12.4. The van der Waals surface area contributed by atoms with Gasteiger partial charge in [0.05, 0.1) is 13.7 Å². The second-order valence-corrected chi connectivity index (χ2v) is 9.12. The minimum Gasteiger partial charge on any atom is -0.493 e. The average molecular weight is 422 g/mol. The zero-order valence-electron chi connectivity index (χ0n) is 17.1. The molecule has 0 aliphatic heterocycles. The van der Waals surface area contributed by atoms with Crippen LogP contribution < -0.4 is 20.1 Å². The van der Waals surface area contributed by atoms with Gasteiger partial charge < -0.3 is 20.1 Å². The van der Waals surface area contributed by atoms with Crippen LogP contribution in [0.25, 0.3) is 0 Å². The van der Waals surface area contributed by atoms with E-state index in [9.17, 15) is 18.4 Å². The van der Waals surface area contributed by atoms with Gasteiger partial charge in [0.25, 0.3) is 5.91 Å². The van der Waals surface area contributed by atoms with Crippen molar-refractivity contribution >= 4 is 11.8 Å². The standard InChI is InChI=1S/C22H28F2N2O4/c1-29-18-7-16(2-3-17(18)30-21(23)24)20(28)25-11-19(27)26-12-22-8-13-4-14(9-22)6-15(5-13)10-22/h2-3,7,13-15,21H,4-6,8-12H2,1H3,(H,25,28)(H,26,27). The number of methoxy groups -OCH3 is 1. The van der Waals surface area contributed by atoms with Gasteiger partial charge in [-0.2, -0.15) is 8.78 Å². The Bertz CT molecular complexity index is 779. The van der Waals surface area contributed by atoms with Crippen LogP contribution in [0, 0.1) is 23.2 Å². The zero-order chi connectivity index (χ0) is 21.3. The number of carbonyl (C=O) groups excluding carboxylic acids is 2. The van der Waals surface area contributed by atoms with E-state index >= 15 is 0 Å². The SMILES string of the molecule is COc1cc(C(=O)NCC(=O)NCC23CC4CC(CC(C4)C2)C3)ccc1OC(F)F. The first-order chi connectivity index (χ1) is 14.4. The Morgan fingerprint density at radius 3 is 2.27 bits per heavy atom. The van der Waals surface area contributed by atoms with Gasteiger partial charge in [-0.1, -0.05) is 0 Å². The summed E-state index contributed by atoms with van der Waals surface area (Å²) in [5, 5.41) is 5.59. The fourth-order valence-corrected chi connectivity index (χ4v) is 6.12. The molecule has 8 heteroatoms. The summed E-state index contributed by atoms with van der Waals surface area (Å²) in [6.45, 7) is -2.45. The molecule has 0 aromatic heterocycles. The molecule has 0 saturated heterocycles. The maximum absolute atomic E-state index is 12.4. The Morgan fingerprint density at radius 1 is 1.07 bits per heavy atom. The van der Waals surface area contributed by atoms with Gasteiger partial charge >= 0.3 is 6.61 Å². The number of ether oxygens (including phenoxy) is 2. The quantitative estimate of drug-likeness (QED) is 0.674. The highest BCUT2D eigenvalue weighted by atomic mass is 19.3. The lowest BCUT2D eigenvalue weighted by Gasteiger charge is -2.56. The molecule has 4 saturated carbocycles. The fraction of sp³-hybridized carbons (Fsp3) is 0.636. The Morgan fingerprint density at radius 2 is 1.70 bits per heavy atom. The van der Waals surface area contributed by atoms with Crippen molar-refractivity contribution in [3.05, 3.63) is 23.8 Å². The van der Waals surface area contributed by atoms with Gasteiger partial charge in [-0.25, -0.2) is 0 Å². The van der Waals surface area contributed by atoms with E-state index < -0.39 is 12.5 Å². The first-order valence-corrected chi connectivity index (χ1v) is 10.5. The summed E-state index contributed by atoms with van der Waals surface area (Å²) in [4.78, 5) is 24.7. The second kappa shape index (κ2) is 8.40. The third kappa shape index (κ3) is 4.52. The number of amides is 2. The number of nitrogens with one attached hydrogen (secondary N) is 2. The lowest BCUT2D eigenvalue weighted by atomic mass is 9.49. The van der Waals surface area contributed by atoms with E-state index in [-0.39, 0.29) is 34.9 Å². The van der Waals surface area contributed by atoms with Crippen molar-refractivity contribution in [2.24, 2.45) is 23.2 Å². The van der Waals surface area contributed by atoms with E-state index in [0.717, 1.165) is 17.8 Å². The molecule has 4 fully saturated rings. The Labute approximate surface area is 174 Å². The van der Waals surface area contributed by atoms with E-state index in [4.69, 9.17) is 4.74 Å². The molecular formula is C22H28F2N2O4. The van der Waals surface area contributed by atoms with Crippen LogP contribution in [-0.4, -0.2) is 38.6 Å². The van der Waals surface area contributed by atoms with Crippen molar-refractivity contribution in [2.45, 2.75) is 45.1 Å². The van der Waals surface area contributed by atoms with Crippen molar-refractivity contribution in [1.82, 2.24) is 10.6 Å². The Kier molecular flexibility index (Phi) is 5.84. The smallest absolute Gasteiger partial charge is 0.387 e. The van der Waals surface area contributed by atoms with Crippen molar-refractivity contribution in [3.8, 4) is 11.5 Å². The van der Waals surface area contributed by atoms with E-state index in [1.54, 1.807) is 0 Å². The van der Waals surface area contributed by atoms with Crippen molar-refractivity contribution in [1.29, 1.82) is 0 Å². The first kappa shape index (κ1) is 20.9. The van der Waals surface area contributed by atoms with Crippen LogP contribution >= 0.6 is 0 Å². The number of hydrogen-bond acceptors (Lipinski definition) is 4. The minimum absolute atomic E-state index is 0.0224. The van der Waals surface area contributed by atoms with Crippen LogP contribution in [0.15, 0.2) is 18.2 Å². The molecule has 2 N–H and O–H groups in total. The molecule has 2 amide bonds. The van der Waals surface area contributed by atoms with Gasteiger partial charge in [-0.3, -0.25) is 9.59 Å². The van der Waals surface area contributed by atoms with Crippen LogP contribution in [0.5, 0.6) is 11.5 Å². The molecule has 0 heterocycles. The van der Waals surface area contributed by atoms with E-state index in [0.29, 0.717) is 6.54 Å². The molecule has 4 aliphatic rings. The molecule has 4 aliphatic carbocycles. The third-order valence-corrected chi connectivity index (χ3v) is 6.88. The summed E-state index contributed by atoms with van der Waals surface area (Å²) in [5.41, 5.74) is 0.435. The van der Waals surface area contributed by atoms with Gasteiger partial charge in [0.1, 0.15) is 0 Å². The van der Waals surface area contributed by atoms with Crippen molar-refractivity contribution in [3.63, 3.8) is 0 Å². The Hall–Kier alpha value is -2.38. The first-order valence-electron chi connectivity index (χ1n) is 10.5. The van der Waals surface area contributed by atoms with E-state index in [1.165, 1.54) is 63.8 Å². The summed E-state index contributed by atoms with van der Waals surface area (Å²) in [6.07, 6.45) is 7.69. The molecular weight excluding hydrogens is 394 g/mol. The third-order valence-electron chi connectivity index (χ3n) is 6.88. The van der Waals surface area contributed by atoms with Gasteiger partial charge in [0, 0.05) is 12.1 Å². The maximum Gasteiger partial charge on any atom is 0.387 e. The van der Waals surface area contributed by atoms with Crippen LogP contribution in [0.3, 0.4) is 0 Å². The predicted molar refractivity (Wildman–Crippen MR) is 106 cm³/mol. The number of benzene rings is 1. The van der Waals surface area contributed by atoms with E-state index in [2.05, 4.69) is 15.4 Å². The number of hydrogen-bond donors (Lipinski definition) is 2. The van der Waals surface area contributed by atoms with Gasteiger partial charge in [-0.05, 0) is 79.9 Å². The molecule has 0 atom stereocenters. The molecule has 1 aromatic carbocycles. The lowest BCUT2D eigenvalue weighted by Crippen LogP contribution is -2.52. The summed E-state index contributed by atoms with van der Waals surface area (Å²) in [5.74, 6) is 1.62. The average Bonchev–Trinajstić information content (AvgIpc) is 2.69. The summed E-state index contributed by atoms with van der Waals surface area (Å²) < 4.78 is 34.2. The largest absolute Gasteiger partial charge is 0.493 e. The summed E-state index contributed by atoms with van der Waals surface area (Å²) in [7, 11) is 1.30. The molecule has 5 rings (SSSR count). The van der Waals surface area contributed by atoms with Gasteiger partial charge in [0.2, 0.25) is 5.91 Å². The molecule has 6 nitrogen and oxygen atoms in total. The van der Waals surface area contributed by atoms with Gasteiger partial charge in [-0.15, -0.1) is 0 Å². The summed E-state index contributed by atoms with van der Waals surface area (Å²) in [6, 6.07) is 3.90. The Balaban J connectivity index is 1.27. The number of rotatable bonds is 8. The molecule has 4 bridgehead atoms. The molecule has 0 radical (unpaired) electrons. The number of alkyl halides is 2. The zero-order valence-corrected chi connectivity index (χ0v) is 17.1. The predicted octanol–water partition coefficient (Wildman–Crippen LogP) is 3.36. The van der Waals surface area contributed by atoms with Crippen molar-refractivity contribution in [2.75, 3.05) is 20.2 Å². The molecule has 30 heavy (non-hydrogen) atoms. The van der Waals surface area contributed by atoms with Gasteiger partial charge in [0.15, 0.2) is 11.5 Å². The summed E-state index contributed by atoms with van der Waals surface area (Å²) >= 11 is 0. The van der Waals surface area contributed by atoms with Crippen LogP contribution in [-0.2, 0) is 4.79 Å². The molecule has 0 unspecified atom stereocenters. The molecule has 0 spiro atoms. The van der Waals surface area contributed by atoms with E-state index in [1.807, 2.05) is 0 Å². The number of carbonyl (C=O) groups is 2. The highest BCUT2D eigenvalue weighted by Crippen LogP contribution is 2.59. The highest BCUT2D eigenvalue weighted by molar-refractivity contribution is 5.97. The monoisotopic (exact) mass is 422 g/mol. The highest BCUT2D eigenvalue weighted by Gasteiger charge is 2.50. The van der Waals surface area contributed by atoms with Crippen molar-refractivity contribution < 1.29 is 27.8 Å². The topological polar surface area (TPSA) is 76.7 Å². The van der Waals surface area contributed by atoms with Crippen LogP contribution in [0.2, 0.25) is 0 Å².